The summed E-state index contributed by atoms with van der Waals surface area (Å²) in [6.07, 6.45) is 1.35. The fourth-order valence-corrected chi connectivity index (χ4v) is 4.24. The summed E-state index contributed by atoms with van der Waals surface area (Å²) in [5.74, 6) is -0.522. The summed E-state index contributed by atoms with van der Waals surface area (Å²) < 4.78 is 45.2. The number of nitrogens with one attached hydrogen (secondary N) is 1. The normalized spacial score (nSPS) is 15.7. The molecular formula is C23H21F3N6O2. The van der Waals surface area contributed by atoms with Crippen LogP contribution in [0.5, 0.6) is 5.75 Å². The molecule has 2 aliphatic heterocycles. The van der Waals surface area contributed by atoms with E-state index in [1.807, 2.05) is 11.8 Å². The van der Waals surface area contributed by atoms with Crippen LogP contribution in [0.15, 0.2) is 36.5 Å². The number of fused-ring (bicyclic) bond motifs is 1. The first-order valence-electron chi connectivity index (χ1n) is 10.8. The zero-order valence-corrected chi connectivity index (χ0v) is 18.3. The van der Waals surface area contributed by atoms with Crippen LogP contribution in [-0.4, -0.2) is 53.6 Å². The Hall–Kier alpha value is -3.73. The fourth-order valence-electron chi connectivity index (χ4n) is 4.24. The van der Waals surface area contributed by atoms with Crippen LogP contribution in [0.4, 0.5) is 24.9 Å². The highest BCUT2D eigenvalue weighted by molar-refractivity contribution is 6.10. The average molecular weight is 470 g/mol. The van der Waals surface area contributed by atoms with Gasteiger partial charge >= 0.3 is 6.61 Å². The number of pyridine rings is 1. The van der Waals surface area contributed by atoms with Crippen LogP contribution in [0, 0.1) is 12.7 Å². The predicted molar refractivity (Wildman–Crippen MR) is 119 cm³/mol. The lowest BCUT2D eigenvalue weighted by Gasteiger charge is -2.28. The lowest BCUT2D eigenvalue weighted by atomic mass is 10.0. The highest BCUT2D eigenvalue weighted by Gasteiger charge is 2.34. The molecule has 0 atom stereocenters. The Balaban J connectivity index is 1.54. The van der Waals surface area contributed by atoms with Crippen molar-refractivity contribution < 1.29 is 22.7 Å². The lowest BCUT2D eigenvalue weighted by Crippen LogP contribution is -2.44. The first-order chi connectivity index (χ1) is 16.4. The molecule has 1 saturated heterocycles. The summed E-state index contributed by atoms with van der Waals surface area (Å²) >= 11 is 0. The van der Waals surface area contributed by atoms with Crippen LogP contribution in [0.2, 0.25) is 0 Å². The standard InChI is InChI=1S/C23H21F3N6O2/c1-13-11-18(30-23(29-13)31-9-7-27-8-10-31)32-12-15-14(21(32)33)5-6-28-20(15)19-16(24)3-2-4-17(19)34-22(25)26/h2-6,11,22,27H,7-10,12H2,1H3. The van der Waals surface area contributed by atoms with E-state index < -0.39 is 12.4 Å². The van der Waals surface area contributed by atoms with E-state index in [1.54, 1.807) is 6.07 Å². The molecule has 1 fully saturated rings. The van der Waals surface area contributed by atoms with Crippen molar-refractivity contribution in [3.63, 3.8) is 0 Å². The number of anilines is 2. The fraction of sp³-hybridized carbons (Fsp3) is 0.304. The van der Waals surface area contributed by atoms with Gasteiger partial charge in [-0.2, -0.15) is 13.8 Å². The number of nitrogens with zero attached hydrogens (tertiary/aromatic N) is 5. The van der Waals surface area contributed by atoms with Crippen molar-refractivity contribution in [2.45, 2.75) is 20.1 Å². The molecule has 2 aliphatic rings. The number of benzene rings is 1. The molecule has 4 heterocycles. The molecule has 5 rings (SSSR count). The largest absolute Gasteiger partial charge is 0.434 e. The van der Waals surface area contributed by atoms with E-state index in [2.05, 4.69) is 25.0 Å². The third-order valence-corrected chi connectivity index (χ3v) is 5.78. The minimum Gasteiger partial charge on any atom is -0.434 e. The van der Waals surface area contributed by atoms with Crippen molar-refractivity contribution in [3.8, 4) is 17.0 Å². The van der Waals surface area contributed by atoms with Crippen LogP contribution < -0.4 is 19.9 Å². The molecule has 0 radical (unpaired) electrons. The number of aryl methyl sites for hydroxylation is 1. The van der Waals surface area contributed by atoms with Gasteiger partial charge in [-0.3, -0.25) is 14.7 Å². The Labute approximate surface area is 193 Å². The summed E-state index contributed by atoms with van der Waals surface area (Å²) in [6, 6.07) is 6.89. The van der Waals surface area contributed by atoms with Gasteiger partial charge in [-0.15, -0.1) is 0 Å². The van der Waals surface area contributed by atoms with Crippen molar-refractivity contribution in [2.75, 3.05) is 36.0 Å². The summed E-state index contributed by atoms with van der Waals surface area (Å²) in [4.78, 5) is 30.2. The molecule has 11 heteroatoms. The van der Waals surface area contributed by atoms with Gasteiger partial charge in [0.15, 0.2) is 0 Å². The first-order valence-corrected chi connectivity index (χ1v) is 10.8. The molecule has 34 heavy (non-hydrogen) atoms. The molecule has 176 valence electrons. The number of piperazine rings is 1. The minimum absolute atomic E-state index is 0.0528. The number of alkyl halides is 2. The number of carbonyl (C=O) groups is 1. The van der Waals surface area contributed by atoms with E-state index in [1.165, 1.54) is 29.3 Å². The van der Waals surface area contributed by atoms with Crippen LogP contribution in [0.1, 0.15) is 21.6 Å². The summed E-state index contributed by atoms with van der Waals surface area (Å²) in [5.41, 5.74) is 1.28. The van der Waals surface area contributed by atoms with Crippen molar-refractivity contribution in [3.05, 3.63) is 59.2 Å². The van der Waals surface area contributed by atoms with E-state index in [0.29, 0.717) is 28.6 Å². The van der Waals surface area contributed by atoms with Crippen LogP contribution >= 0.6 is 0 Å². The van der Waals surface area contributed by atoms with Gasteiger partial charge in [-0.1, -0.05) is 6.07 Å². The smallest absolute Gasteiger partial charge is 0.387 e. The van der Waals surface area contributed by atoms with Gasteiger partial charge < -0.3 is 15.0 Å². The SMILES string of the molecule is Cc1cc(N2Cc3c(ccnc3-c3c(F)cccc3OC(F)F)C2=O)nc(N2CCNCC2)n1. The Morgan fingerprint density at radius 3 is 2.71 bits per heavy atom. The van der Waals surface area contributed by atoms with Gasteiger partial charge in [-0.25, -0.2) is 9.37 Å². The zero-order chi connectivity index (χ0) is 23.8. The van der Waals surface area contributed by atoms with Gasteiger partial charge in [0.05, 0.1) is 17.8 Å². The third kappa shape index (κ3) is 4.03. The molecular weight excluding hydrogens is 449 g/mol. The van der Waals surface area contributed by atoms with Crippen molar-refractivity contribution in [1.29, 1.82) is 0 Å². The molecule has 0 saturated carbocycles. The van der Waals surface area contributed by atoms with Gasteiger partial charge in [0.1, 0.15) is 17.4 Å². The Bertz CT molecular complexity index is 1250. The highest BCUT2D eigenvalue weighted by Crippen LogP contribution is 2.39. The summed E-state index contributed by atoms with van der Waals surface area (Å²) in [6.45, 7) is 1.84. The minimum atomic E-state index is -3.14. The molecule has 0 aliphatic carbocycles. The Morgan fingerprint density at radius 1 is 1.15 bits per heavy atom. The molecule has 0 spiro atoms. The zero-order valence-electron chi connectivity index (χ0n) is 18.3. The number of aromatic nitrogens is 3. The van der Waals surface area contributed by atoms with E-state index in [4.69, 9.17) is 0 Å². The molecule has 8 nitrogen and oxygen atoms in total. The van der Waals surface area contributed by atoms with Gasteiger partial charge in [-0.05, 0) is 25.1 Å². The van der Waals surface area contributed by atoms with Crippen LogP contribution in [0.3, 0.4) is 0 Å². The molecule has 3 aromatic rings. The number of halogens is 3. The van der Waals surface area contributed by atoms with Crippen molar-refractivity contribution in [1.82, 2.24) is 20.3 Å². The first kappa shape index (κ1) is 22.1. The van der Waals surface area contributed by atoms with E-state index in [-0.39, 0.29) is 29.5 Å². The third-order valence-electron chi connectivity index (χ3n) is 5.78. The maximum Gasteiger partial charge on any atom is 0.387 e. The molecule has 2 aromatic heterocycles. The highest BCUT2D eigenvalue weighted by atomic mass is 19.3. The maximum absolute atomic E-state index is 14.8. The number of amides is 1. The Morgan fingerprint density at radius 2 is 1.94 bits per heavy atom. The van der Waals surface area contributed by atoms with E-state index in [0.717, 1.165) is 32.2 Å². The molecule has 0 bridgehead atoms. The van der Waals surface area contributed by atoms with Crippen molar-refractivity contribution >= 4 is 17.7 Å². The summed E-state index contributed by atoms with van der Waals surface area (Å²) in [7, 11) is 0. The van der Waals surface area contributed by atoms with Crippen LogP contribution in [-0.2, 0) is 6.54 Å². The topological polar surface area (TPSA) is 83.5 Å². The van der Waals surface area contributed by atoms with Gasteiger partial charge in [0.25, 0.3) is 5.91 Å². The lowest BCUT2D eigenvalue weighted by molar-refractivity contribution is -0.0496. The number of hydrogen-bond acceptors (Lipinski definition) is 7. The second-order valence-corrected chi connectivity index (χ2v) is 7.97. The van der Waals surface area contributed by atoms with Gasteiger partial charge in [0, 0.05) is 55.3 Å². The number of hydrogen-bond donors (Lipinski definition) is 1. The number of ether oxygens (including phenoxy) is 1. The van der Waals surface area contributed by atoms with Crippen LogP contribution in [0.25, 0.3) is 11.3 Å². The second kappa shape index (κ2) is 8.90. The van der Waals surface area contributed by atoms with Gasteiger partial charge in [0.2, 0.25) is 5.95 Å². The summed E-state index contributed by atoms with van der Waals surface area (Å²) in [5, 5.41) is 3.27. The van der Waals surface area contributed by atoms with Crippen molar-refractivity contribution in [2.24, 2.45) is 0 Å². The molecule has 1 N–H and O–H groups in total. The second-order valence-electron chi connectivity index (χ2n) is 7.97. The predicted octanol–water partition coefficient (Wildman–Crippen LogP) is 3.16. The Kier molecular flexibility index (Phi) is 5.78. The maximum atomic E-state index is 14.8. The van der Waals surface area contributed by atoms with E-state index in [9.17, 15) is 18.0 Å². The molecule has 0 unspecified atom stereocenters. The number of carbonyl (C=O) groups excluding carboxylic acids is 1. The number of rotatable bonds is 5. The van der Waals surface area contributed by atoms with E-state index >= 15 is 0 Å². The monoisotopic (exact) mass is 470 g/mol. The average Bonchev–Trinajstić information content (AvgIpc) is 3.16. The quantitative estimate of drug-likeness (QED) is 0.613. The molecule has 1 aromatic carbocycles. The molecule has 1 amide bonds.